The van der Waals surface area contributed by atoms with Crippen molar-refractivity contribution < 1.29 is 19.1 Å². The molecule has 160 valence electrons. The van der Waals surface area contributed by atoms with Crippen molar-refractivity contribution in [2.75, 3.05) is 17.2 Å². The van der Waals surface area contributed by atoms with E-state index >= 15 is 0 Å². The Labute approximate surface area is 182 Å². The van der Waals surface area contributed by atoms with E-state index in [2.05, 4.69) is 10.6 Å². The lowest BCUT2D eigenvalue weighted by atomic mass is 10.1. The molecule has 3 aromatic carbocycles. The number of nitrogens with one attached hydrogen (secondary N) is 2. The average molecular weight is 418 g/mol. The average Bonchev–Trinajstić information content (AvgIpc) is 2.76. The summed E-state index contributed by atoms with van der Waals surface area (Å²) < 4.78 is 10.7. The van der Waals surface area contributed by atoms with E-state index < -0.39 is 12.1 Å². The summed E-state index contributed by atoms with van der Waals surface area (Å²) in [5.41, 5.74) is 4.50. The third-order valence-electron chi connectivity index (χ3n) is 4.68. The Morgan fingerprint density at radius 1 is 0.839 bits per heavy atom. The molecule has 0 heterocycles. The van der Waals surface area contributed by atoms with Crippen LogP contribution in [0.2, 0.25) is 0 Å². The predicted molar refractivity (Wildman–Crippen MR) is 122 cm³/mol. The fourth-order valence-electron chi connectivity index (χ4n) is 2.99. The van der Waals surface area contributed by atoms with Crippen LogP contribution in [-0.2, 0) is 14.3 Å². The van der Waals surface area contributed by atoms with Crippen molar-refractivity contribution in [3.8, 4) is 5.75 Å². The van der Waals surface area contributed by atoms with Crippen molar-refractivity contribution in [1.29, 1.82) is 0 Å². The topological polar surface area (TPSA) is 76.7 Å². The van der Waals surface area contributed by atoms with Gasteiger partial charge in [0.2, 0.25) is 0 Å². The van der Waals surface area contributed by atoms with E-state index in [0.29, 0.717) is 5.75 Å². The van der Waals surface area contributed by atoms with E-state index in [4.69, 9.17) is 9.47 Å². The Bertz CT molecular complexity index is 1010. The fraction of sp³-hybridized carbons (Fsp3) is 0.200. The second kappa shape index (κ2) is 10.3. The molecule has 2 N–H and O–H groups in total. The van der Waals surface area contributed by atoms with Crippen LogP contribution in [0.4, 0.5) is 17.1 Å². The number of carbonyl (C=O) groups excluding carboxylic acids is 2. The monoisotopic (exact) mass is 418 g/mol. The molecule has 1 amide bonds. The van der Waals surface area contributed by atoms with Crippen LogP contribution in [0.25, 0.3) is 0 Å². The summed E-state index contributed by atoms with van der Waals surface area (Å²) >= 11 is 0. The molecule has 0 saturated carbocycles. The standard InChI is InChI=1S/C25H26N2O4/c1-17-8-7-9-18(2)24(17)27-25(29)19(3)31-23(28)16-30-22-14-12-21(13-15-22)26-20-10-5-4-6-11-20/h4-15,19,26H,16H2,1-3H3,(H,27,29)/t19-/m0/s1. The summed E-state index contributed by atoms with van der Waals surface area (Å²) in [5, 5.41) is 6.09. The zero-order valence-electron chi connectivity index (χ0n) is 17.8. The van der Waals surface area contributed by atoms with Gasteiger partial charge in [-0.25, -0.2) is 4.79 Å². The van der Waals surface area contributed by atoms with E-state index in [1.54, 1.807) is 12.1 Å². The van der Waals surface area contributed by atoms with Gasteiger partial charge in [-0.05, 0) is 68.3 Å². The number of hydrogen-bond acceptors (Lipinski definition) is 5. The second-order valence-corrected chi connectivity index (χ2v) is 7.19. The highest BCUT2D eigenvalue weighted by Gasteiger charge is 2.19. The lowest BCUT2D eigenvalue weighted by molar-refractivity contribution is -0.155. The number of anilines is 3. The predicted octanol–water partition coefficient (Wildman–Crippen LogP) is 5.00. The first-order valence-electron chi connectivity index (χ1n) is 10.0. The molecule has 0 aliphatic carbocycles. The van der Waals surface area contributed by atoms with Crippen LogP contribution in [0.3, 0.4) is 0 Å². The molecule has 3 aromatic rings. The van der Waals surface area contributed by atoms with Crippen molar-refractivity contribution >= 4 is 28.9 Å². The Morgan fingerprint density at radius 3 is 2.10 bits per heavy atom. The van der Waals surface area contributed by atoms with Crippen LogP contribution < -0.4 is 15.4 Å². The zero-order valence-corrected chi connectivity index (χ0v) is 17.8. The van der Waals surface area contributed by atoms with E-state index in [1.165, 1.54) is 6.92 Å². The third kappa shape index (κ3) is 6.34. The number of amides is 1. The zero-order chi connectivity index (χ0) is 22.2. The molecule has 0 bridgehead atoms. The Hall–Kier alpha value is -3.80. The maximum absolute atomic E-state index is 12.4. The van der Waals surface area contributed by atoms with Gasteiger partial charge in [0.1, 0.15) is 5.75 Å². The maximum atomic E-state index is 12.4. The SMILES string of the molecule is Cc1cccc(C)c1NC(=O)[C@H](C)OC(=O)COc1ccc(Nc2ccccc2)cc1. The van der Waals surface area contributed by atoms with Crippen LogP contribution in [0.15, 0.2) is 72.8 Å². The van der Waals surface area contributed by atoms with Crippen molar-refractivity contribution in [3.05, 3.63) is 83.9 Å². The highest BCUT2D eigenvalue weighted by Crippen LogP contribution is 2.21. The van der Waals surface area contributed by atoms with Gasteiger partial charge in [-0.3, -0.25) is 4.79 Å². The number of ether oxygens (including phenoxy) is 2. The van der Waals surface area contributed by atoms with Gasteiger partial charge in [-0.15, -0.1) is 0 Å². The van der Waals surface area contributed by atoms with Gasteiger partial charge in [-0.2, -0.15) is 0 Å². The summed E-state index contributed by atoms with van der Waals surface area (Å²) in [6, 6.07) is 22.8. The first-order valence-corrected chi connectivity index (χ1v) is 10.0. The molecule has 0 radical (unpaired) electrons. The molecule has 0 spiro atoms. The van der Waals surface area contributed by atoms with Crippen LogP contribution in [0, 0.1) is 13.8 Å². The molecule has 0 fully saturated rings. The number of carbonyl (C=O) groups is 2. The molecular formula is C25H26N2O4. The summed E-state index contributed by atoms with van der Waals surface area (Å²) in [6.07, 6.45) is -0.937. The number of aryl methyl sites for hydroxylation is 2. The third-order valence-corrected chi connectivity index (χ3v) is 4.68. The molecule has 0 aliphatic rings. The van der Waals surface area contributed by atoms with Crippen LogP contribution >= 0.6 is 0 Å². The van der Waals surface area contributed by atoms with E-state index in [9.17, 15) is 9.59 Å². The molecule has 3 rings (SSSR count). The molecule has 6 heteroatoms. The van der Waals surface area contributed by atoms with Gasteiger partial charge in [0.15, 0.2) is 12.7 Å². The number of para-hydroxylation sites is 2. The lowest BCUT2D eigenvalue weighted by Crippen LogP contribution is -2.32. The minimum atomic E-state index is -0.937. The maximum Gasteiger partial charge on any atom is 0.344 e. The minimum Gasteiger partial charge on any atom is -0.482 e. The van der Waals surface area contributed by atoms with Crippen LogP contribution in [0.1, 0.15) is 18.1 Å². The van der Waals surface area contributed by atoms with Crippen molar-refractivity contribution in [1.82, 2.24) is 0 Å². The van der Waals surface area contributed by atoms with Gasteiger partial charge in [0.25, 0.3) is 5.91 Å². The largest absolute Gasteiger partial charge is 0.482 e. The Kier molecular flexibility index (Phi) is 7.27. The smallest absolute Gasteiger partial charge is 0.344 e. The van der Waals surface area contributed by atoms with Crippen molar-refractivity contribution in [2.24, 2.45) is 0 Å². The molecule has 0 unspecified atom stereocenters. The summed E-state index contributed by atoms with van der Waals surface area (Å²) in [4.78, 5) is 24.5. The van der Waals surface area contributed by atoms with Gasteiger partial charge in [0, 0.05) is 17.1 Å². The molecule has 1 atom stereocenters. The van der Waals surface area contributed by atoms with Gasteiger partial charge in [-0.1, -0.05) is 36.4 Å². The number of esters is 1. The molecule has 0 aliphatic heterocycles. The van der Waals surface area contributed by atoms with Crippen molar-refractivity contribution in [2.45, 2.75) is 26.9 Å². The van der Waals surface area contributed by atoms with Gasteiger partial charge >= 0.3 is 5.97 Å². The Morgan fingerprint density at radius 2 is 1.45 bits per heavy atom. The lowest BCUT2D eigenvalue weighted by Gasteiger charge is -2.16. The fourth-order valence-corrected chi connectivity index (χ4v) is 2.99. The first kappa shape index (κ1) is 21.9. The van der Waals surface area contributed by atoms with Crippen molar-refractivity contribution in [3.63, 3.8) is 0 Å². The van der Waals surface area contributed by atoms with E-state index in [-0.39, 0.29) is 12.5 Å². The van der Waals surface area contributed by atoms with E-state index in [1.807, 2.05) is 74.5 Å². The summed E-state index contributed by atoms with van der Waals surface area (Å²) in [5.74, 6) is -0.471. The molecular weight excluding hydrogens is 392 g/mol. The molecule has 0 aromatic heterocycles. The quantitative estimate of drug-likeness (QED) is 0.504. The second-order valence-electron chi connectivity index (χ2n) is 7.19. The normalized spacial score (nSPS) is 11.3. The number of benzene rings is 3. The molecule has 0 saturated heterocycles. The first-order chi connectivity index (χ1) is 14.9. The molecule has 6 nitrogen and oxygen atoms in total. The van der Waals surface area contributed by atoms with Crippen LogP contribution in [0.5, 0.6) is 5.75 Å². The number of hydrogen-bond donors (Lipinski definition) is 2. The highest BCUT2D eigenvalue weighted by molar-refractivity contribution is 5.96. The summed E-state index contributed by atoms with van der Waals surface area (Å²) in [7, 11) is 0. The van der Waals surface area contributed by atoms with Crippen LogP contribution in [-0.4, -0.2) is 24.6 Å². The summed E-state index contributed by atoms with van der Waals surface area (Å²) in [6.45, 7) is 5.07. The molecule has 31 heavy (non-hydrogen) atoms. The minimum absolute atomic E-state index is 0.285. The van der Waals surface area contributed by atoms with E-state index in [0.717, 1.165) is 28.2 Å². The Balaban J connectivity index is 1.46. The van der Waals surface area contributed by atoms with Gasteiger partial charge in [0.05, 0.1) is 0 Å². The number of rotatable bonds is 8. The van der Waals surface area contributed by atoms with Gasteiger partial charge < -0.3 is 20.1 Å². The highest BCUT2D eigenvalue weighted by atomic mass is 16.6.